The number of hydrogen-bond donors (Lipinski definition) is 1. The highest BCUT2D eigenvalue weighted by Crippen LogP contribution is 2.37. The van der Waals surface area contributed by atoms with E-state index < -0.39 is 0 Å². The molecule has 0 spiro atoms. The lowest BCUT2D eigenvalue weighted by Crippen LogP contribution is -2.28. The average Bonchev–Trinajstić information content (AvgIpc) is 2.53. The van der Waals surface area contributed by atoms with Gasteiger partial charge < -0.3 is 14.8 Å². The van der Waals surface area contributed by atoms with E-state index in [9.17, 15) is 4.79 Å². The molecule has 1 aliphatic rings. The van der Waals surface area contributed by atoms with Crippen molar-refractivity contribution in [1.82, 2.24) is 0 Å². The fourth-order valence-electron chi connectivity index (χ4n) is 2.81. The normalized spacial score (nSPS) is 14.8. The van der Waals surface area contributed by atoms with Crippen molar-refractivity contribution in [1.29, 1.82) is 0 Å². The Hall–Kier alpha value is -2.46. The zero-order valence-electron chi connectivity index (χ0n) is 14.4. The Balaban J connectivity index is 1.66. The van der Waals surface area contributed by atoms with E-state index in [0.29, 0.717) is 16.5 Å². The second-order valence-corrected chi connectivity index (χ2v) is 6.91. The minimum atomic E-state index is -0.364. The van der Waals surface area contributed by atoms with Gasteiger partial charge in [-0.1, -0.05) is 23.7 Å². The third kappa shape index (κ3) is 4.15. The van der Waals surface area contributed by atoms with Crippen LogP contribution in [0.5, 0.6) is 11.5 Å². The molecule has 0 atom stereocenters. The minimum absolute atomic E-state index is 0.109. The molecule has 1 N–H and O–H groups in total. The van der Waals surface area contributed by atoms with Gasteiger partial charge in [-0.25, -0.2) is 0 Å². The first-order valence-corrected chi connectivity index (χ1v) is 8.42. The lowest BCUT2D eigenvalue weighted by Gasteiger charge is -2.30. The van der Waals surface area contributed by atoms with E-state index >= 15 is 0 Å². The lowest BCUT2D eigenvalue weighted by molar-refractivity contribution is -0.118. The van der Waals surface area contributed by atoms with Crippen molar-refractivity contribution in [3.8, 4) is 11.5 Å². The van der Waals surface area contributed by atoms with Crippen LogP contribution in [0, 0.1) is 0 Å². The summed E-state index contributed by atoms with van der Waals surface area (Å²) in [7, 11) is 0. The number of anilines is 1. The Morgan fingerprint density at radius 2 is 2.00 bits per heavy atom. The molecule has 3 rings (SSSR count). The summed E-state index contributed by atoms with van der Waals surface area (Å²) in [5.74, 6) is 1.07. The highest BCUT2D eigenvalue weighted by Gasteiger charge is 2.25. The molecule has 0 fully saturated rings. The molecule has 2 aromatic carbocycles. The number of hydrogen-bond acceptors (Lipinski definition) is 3. The second-order valence-electron chi connectivity index (χ2n) is 6.51. The molecule has 5 heteroatoms. The molecule has 0 aromatic heterocycles. The van der Waals surface area contributed by atoms with Gasteiger partial charge in [0.25, 0.3) is 5.91 Å². The van der Waals surface area contributed by atoms with Crippen LogP contribution < -0.4 is 14.8 Å². The summed E-state index contributed by atoms with van der Waals surface area (Å²) in [5.41, 5.74) is 2.40. The van der Waals surface area contributed by atoms with Gasteiger partial charge in [0.1, 0.15) is 17.1 Å². The van der Waals surface area contributed by atoms with Crippen molar-refractivity contribution in [2.45, 2.75) is 26.4 Å². The molecular weight excluding hydrogens is 338 g/mol. The molecule has 0 aliphatic carbocycles. The molecule has 25 heavy (non-hydrogen) atoms. The number of ether oxygens (including phenoxy) is 2. The molecule has 0 saturated heterocycles. The summed E-state index contributed by atoms with van der Waals surface area (Å²) in [6.07, 6.45) is 2.09. The van der Waals surface area contributed by atoms with Crippen LogP contribution in [0.15, 0.2) is 48.5 Å². The first-order chi connectivity index (χ1) is 11.8. The van der Waals surface area contributed by atoms with Gasteiger partial charge in [0.05, 0.1) is 10.7 Å². The quantitative estimate of drug-likeness (QED) is 0.843. The summed E-state index contributed by atoms with van der Waals surface area (Å²) in [4.78, 5) is 12.0. The van der Waals surface area contributed by atoms with E-state index in [2.05, 4.69) is 18.3 Å². The van der Waals surface area contributed by atoms with Crippen molar-refractivity contribution < 1.29 is 14.3 Å². The summed E-state index contributed by atoms with van der Waals surface area (Å²) in [6.45, 7) is 5.96. The number of nitrogens with one attached hydrogen (secondary N) is 1. The third-order valence-corrected chi connectivity index (χ3v) is 4.16. The number of carbonyl (C=O) groups is 1. The fourth-order valence-corrected chi connectivity index (χ4v) is 3.00. The number of rotatable bonds is 4. The Labute approximate surface area is 152 Å². The van der Waals surface area contributed by atoms with Gasteiger partial charge in [-0.15, -0.1) is 0 Å². The number of amides is 1. The van der Waals surface area contributed by atoms with E-state index in [1.54, 1.807) is 24.3 Å². The molecule has 130 valence electrons. The topological polar surface area (TPSA) is 47.6 Å². The second kappa shape index (κ2) is 6.81. The lowest BCUT2D eigenvalue weighted by atomic mass is 9.96. The number of allylic oxidation sites excluding steroid dienone is 1. The highest BCUT2D eigenvalue weighted by molar-refractivity contribution is 6.33. The van der Waals surface area contributed by atoms with Gasteiger partial charge >= 0.3 is 0 Å². The predicted molar refractivity (Wildman–Crippen MR) is 100 cm³/mol. The molecule has 0 bridgehead atoms. The fraction of sp³-hybridized carbons (Fsp3) is 0.250. The Morgan fingerprint density at radius 1 is 1.24 bits per heavy atom. The van der Waals surface area contributed by atoms with Crippen LogP contribution in [0.25, 0.3) is 5.57 Å². The Kier molecular flexibility index (Phi) is 4.73. The number of carbonyl (C=O) groups excluding carboxylic acids is 1. The smallest absolute Gasteiger partial charge is 0.262 e. The monoisotopic (exact) mass is 357 g/mol. The SMILES string of the molecule is CC1=CC(C)(C)Oc2cc(OCC(=O)Nc3ccccc3Cl)ccc21. The molecule has 1 amide bonds. The van der Waals surface area contributed by atoms with Gasteiger partial charge in [-0.2, -0.15) is 0 Å². The van der Waals surface area contributed by atoms with Crippen LogP contribution in [0.1, 0.15) is 26.3 Å². The van der Waals surface area contributed by atoms with Gasteiger partial charge in [0.2, 0.25) is 0 Å². The molecule has 0 radical (unpaired) electrons. The average molecular weight is 358 g/mol. The van der Waals surface area contributed by atoms with E-state index in [0.717, 1.165) is 16.9 Å². The molecule has 0 unspecified atom stereocenters. The maximum atomic E-state index is 12.0. The summed E-state index contributed by atoms with van der Waals surface area (Å²) >= 11 is 6.03. The molecule has 4 nitrogen and oxygen atoms in total. The Morgan fingerprint density at radius 3 is 2.76 bits per heavy atom. The third-order valence-electron chi connectivity index (χ3n) is 3.83. The first-order valence-electron chi connectivity index (χ1n) is 8.04. The number of fused-ring (bicyclic) bond motifs is 1. The maximum Gasteiger partial charge on any atom is 0.262 e. The van der Waals surface area contributed by atoms with E-state index in [4.69, 9.17) is 21.1 Å². The van der Waals surface area contributed by atoms with Gasteiger partial charge in [-0.3, -0.25) is 4.79 Å². The van der Waals surface area contributed by atoms with Crippen LogP contribution in [0.4, 0.5) is 5.69 Å². The number of para-hydroxylation sites is 1. The standard InChI is InChI=1S/C20H20ClNO3/c1-13-11-20(2,3)25-18-10-14(8-9-15(13)18)24-12-19(23)22-17-7-5-4-6-16(17)21/h4-11H,12H2,1-3H3,(H,22,23). The number of halogens is 1. The van der Waals surface area contributed by atoms with Crippen molar-refractivity contribution in [3.05, 3.63) is 59.1 Å². The minimum Gasteiger partial charge on any atom is -0.484 e. The molecule has 1 aliphatic heterocycles. The van der Waals surface area contributed by atoms with Gasteiger partial charge in [-0.05, 0) is 56.7 Å². The number of benzene rings is 2. The maximum absolute atomic E-state index is 12.0. The van der Waals surface area contributed by atoms with E-state index in [1.165, 1.54) is 0 Å². The molecule has 0 saturated carbocycles. The van der Waals surface area contributed by atoms with Crippen LogP contribution >= 0.6 is 11.6 Å². The van der Waals surface area contributed by atoms with Crippen molar-refractivity contribution in [3.63, 3.8) is 0 Å². The van der Waals surface area contributed by atoms with Crippen molar-refractivity contribution >= 4 is 28.8 Å². The van der Waals surface area contributed by atoms with E-state index in [-0.39, 0.29) is 18.1 Å². The zero-order valence-corrected chi connectivity index (χ0v) is 15.2. The van der Waals surface area contributed by atoms with Gasteiger partial charge in [0, 0.05) is 11.6 Å². The largest absolute Gasteiger partial charge is 0.484 e. The summed E-state index contributed by atoms with van der Waals surface area (Å²) in [5, 5.41) is 3.22. The van der Waals surface area contributed by atoms with E-state index in [1.807, 2.05) is 32.0 Å². The Bertz CT molecular complexity index is 843. The first kappa shape index (κ1) is 17.4. The van der Waals surface area contributed by atoms with Crippen molar-refractivity contribution in [2.75, 3.05) is 11.9 Å². The van der Waals surface area contributed by atoms with Crippen molar-refractivity contribution in [2.24, 2.45) is 0 Å². The van der Waals surface area contributed by atoms with Crippen LogP contribution in [0.3, 0.4) is 0 Å². The van der Waals surface area contributed by atoms with Gasteiger partial charge in [0.15, 0.2) is 6.61 Å². The predicted octanol–water partition coefficient (Wildman–Crippen LogP) is 4.93. The van der Waals surface area contributed by atoms with Crippen LogP contribution in [-0.4, -0.2) is 18.1 Å². The zero-order chi connectivity index (χ0) is 18.0. The summed E-state index contributed by atoms with van der Waals surface area (Å²) in [6, 6.07) is 12.7. The molecular formula is C20H20ClNO3. The molecule has 1 heterocycles. The highest BCUT2D eigenvalue weighted by atomic mass is 35.5. The molecule has 2 aromatic rings. The van der Waals surface area contributed by atoms with Crippen LogP contribution in [-0.2, 0) is 4.79 Å². The summed E-state index contributed by atoms with van der Waals surface area (Å²) < 4.78 is 11.6. The van der Waals surface area contributed by atoms with Crippen LogP contribution in [0.2, 0.25) is 5.02 Å².